The molecule has 1 saturated heterocycles. The molecule has 1 aliphatic rings. The van der Waals surface area contributed by atoms with Gasteiger partial charge < -0.3 is 15.4 Å². The van der Waals surface area contributed by atoms with Crippen molar-refractivity contribution in [1.29, 1.82) is 5.26 Å². The number of esters is 1. The Morgan fingerprint density at radius 3 is 2.69 bits per heavy atom. The third-order valence-electron chi connectivity index (χ3n) is 6.27. The summed E-state index contributed by atoms with van der Waals surface area (Å²) in [6.07, 6.45) is 3.19. The zero-order chi connectivity index (χ0) is 28.3. The molecular formula is C27H32N8O4. The largest absolute Gasteiger partial charge is 0.459 e. The van der Waals surface area contributed by atoms with Crippen molar-refractivity contribution in [3.05, 3.63) is 50.4 Å². The average Bonchev–Trinajstić information content (AvgIpc) is 3.26. The highest BCUT2D eigenvalue weighted by Gasteiger charge is 2.28. The first-order chi connectivity index (χ1) is 18.5. The standard InChI is InChI=1S/C27H32N8O4/c1-5-6-13-33-22-23(31-25(33)32-12-8-10-19(29)15-32)34(17-21(36)39-27(2,3)4)26(38)35(24(22)37)16-20-18(14-28)9-7-11-30-20/h7,9,11,19H,8,10,12-13,15-17,29H2,1-4H3. The molecule has 12 nitrogen and oxygen atoms in total. The summed E-state index contributed by atoms with van der Waals surface area (Å²) in [6.45, 7) is 7.47. The number of nitrogens with zero attached hydrogens (tertiary/aromatic N) is 7. The Bertz CT molecular complexity index is 1620. The van der Waals surface area contributed by atoms with Crippen LogP contribution < -0.4 is 21.9 Å². The Kier molecular flexibility index (Phi) is 7.88. The van der Waals surface area contributed by atoms with Gasteiger partial charge in [-0.3, -0.25) is 28.3 Å². The van der Waals surface area contributed by atoms with Gasteiger partial charge in [0.05, 0.1) is 24.3 Å². The third-order valence-corrected chi connectivity index (χ3v) is 6.27. The van der Waals surface area contributed by atoms with Crippen molar-refractivity contribution in [2.75, 3.05) is 18.0 Å². The summed E-state index contributed by atoms with van der Waals surface area (Å²) in [5.74, 6) is 5.62. The van der Waals surface area contributed by atoms with Gasteiger partial charge in [-0.15, -0.1) is 5.92 Å². The van der Waals surface area contributed by atoms with E-state index in [9.17, 15) is 19.6 Å². The molecule has 4 heterocycles. The lowest BCUT2D eigenvalue weighted by atomic mass is 10.1. The van der Waals surface area contributed by atoms with Crippen molar-refractivity contribution in [2.24, 2.45) is 5.73 Å². The zero-order valence-corrected chi connectivity index (χ0v) is 22.6. The van der Waals surface area contributed by atoms with Gasteiger partial charge in [-0.25, -0.2) is 4.79 Å². The first-order valence-corrected chi connectivity index (χ1v) is 12.7. The van der Waals surface area contributed by atoms with Gasteiger partial charge in [-0.1, -0.05) is 5.92 Å². The predicted octanol–water partition coefficient (Wildman–Crippen LogP) is 0.967. The van der Waals surface area contributed by atoms with Crippen LogP contribution in [-0.2, 0) is 29.2 Å². The number of ether oxygens (including phenoxy) is 1. The van der Waals surface area contributed by atoms with E-state index in [-0.39, 0.29) is 41.6 Å². The molecule has 1 fully saturated rings. The van der Waals surface area contributed by atoms with Gasteiger partial charge in [0.1, 0.15) is 18.2 Å². The van der Waals surface area contributed by atoms with Crippen LogP contribution in [0.3, 0.4) is 0 Å². The van der Waals surface area contributed by atoms with Gasteiger partial charge >= 0.3 is 11.7 Å². The number of hydrogen-bond acceptors (Lipinski definition) is 9. The lowest BCUT2D eigenvalue weighted by molar-refractivity contribution is -0.155. The van der Waals surface area contributed by atoms with E-state index in [2.05, 4.69) is 16.8 Å². The molecule has 3 aromatic heterocycles. The lowest BCUT2D eigenvalue weighted by Gasteiger charge is -2.31. The van der Waals surface area contributed by atoms with Gasteiger partial charge in [0.25, 0.3) is 5.56 Å². The van der Waals surface area contributed by atoms with Gasteiger partial charge in [0, 0.05) is 25.3 Å². The van der Waals surface area contributed by atoms with Crippen molar-refractivity contribution in [3.8, 4) is 17.9 Å². The van der Waals surface area contributed by atoms with E-state index in [0.29, 0.717) is 19.0 Å². The predicted molar refractivity (Wildman–Crippen MR) is 145 cm³/mol. The van der Waals surface area contributed by atoms with Gasteiger partial charge in [-0.2, -0.15) is 10.2 Å². The summed E-state index contributed by atoms with van der Waals surface area (Å²) in [6, 6.07) is 5.13. The number of nitrogens with two attached hydrogens (primary N) is 1. The van der Waals surface area contributed by atoms with Crippen molar-refractivity contribution in [1.82, 2.24) is 23.7 Å². The second kappa shape index (κ2) is 11.1. The van der Waals surface area contributed by atoms with Crippen LogP contribution in [0.15, 0.2) is 27.9 Å². The van der Waals surface area contributed by atoms with E-state index in [1.165, 1.54) is 6.20 Å². The van der Waals surface area contributed by atoms with Crippen LogP contribution in [0.1, 0.15) is 51.8 Å². The van der Waals surface area contributed by atoms with E-state index in [4.69, 9.17) is 15.5 Å². The van der Waals surface area contributed by atoms with Crippen LogP contribution in [0.2, 0.25) is 0 Å². The summed E-state index contributed by atoms with van der Waals surface area (Å²) in [5.41, 5.74) is 4.72. The van der Waals surface area contributed by atoms with Crippen molar-refractivity contribution in [3.63, 3.8) is 0 Å². The van der Waals surface area contributed by atoms with Gasteiger partial charge in [0.15, 0.2) is 11.2 Å². The first-order valence-electron chi connectivity index (χ1n) is 12.7. The minimum Gasteiger partial charge on any atom is -0.459 e. The highest BCUT2D eigenvalue weighted by molar-refractivity contribution is 5.78. The number of rotatable bonds is 6. The van der Waals surface area contributed by atoms with Gasteiger partial charge in [-0.05, 0) is 52.7 Å². The molecular weight excluding hydrogens is 500 g/mol. The minimum absolute atomic E-state index is 0.0562. The summed E-state index contributed by atoms with van der Waals surface area (Å²) in [7, 11) is 0. The summed E-state index contributed by atoms with van der Waals surface area (Å²) in [5, 5.41) is 9.53. The molecule has 39 heavy (non-hydrogen) atoms. The lowest BCUT2D eigenvalue weighted by Crippen LogP contribution is -2.44. The van der Waals surface area contributed by atoms with Crippen LogP contribution in [0.5, 0.6) is 0 Å². The van der Waals surface area contributed by atoms with Crippen LogP contribution in [0, 0.1) is 23.2 Å². The van der Waals surface area contributed by atoms with E-state index in [0.717, 1.165) is 22.0 Å². The minimum atomic E-state index is -0.783. The van der Waals surface area contributed by atoms with E-state index in [1.54, 1.807) is 44.4 Å². The molecule has 2 N–H and O–H groups in total. The molecule has 3 aromatic rings. The van der Waals surface area contributed by atoms with Gasteiger partial charge in [0.2, 0.25) is 5.95 Å². The average molecular weight is 533 g/mol. The topological polar surface area (TPSA) is 154 Å². The Labute approximate surface area is 225 Å². The molecule has 0 radical (unpaired) electrons. The molecule has 1 unspecified atom stereocenters. The smallest absolute Gasteiger partial charge is 0.333 e. The maximum atomic E-state index is 13.9. The van der Waals surface area contributed by atoms with Crippen molar-refractivity contribution in [2.45, 2.75) is 71.8 Å². The number of aromatic nitrogens is 5. The monoisotopic (exact) mass is 532 g/mol. The molecule has 12 heteroatoms. The highest BCUT2D eigenvalue weighted by Crippen LogP contribution is 2.23. The molecule has 204 valence electrons. The number of imidazole rings is 1. The Hall–Kier alpha value is -4.42. The van der Waals surface area contributed by atoms with Crippen LogP contribution in [0.4, 0.5) is 5.95 Å². The number of carbonyl (C=O) groups is 1. The van der Waals surface area contributed by atoms with Crippen molar-refractivity contribution >= 4 is 23.1 Å². The fourth-order valence-corrected chi connectivity index (χ4v) is 4.62. The fourth-order valence-electron chi connectivity index (χ4n) is 4.62. The van der Waals surface area contributed by atoms with Crippen LogP contribution in [0.25, 0.3) is 11.2 Å². The number of fused-ring (bicyclic) bond motifs is 1. The summed E-state index contributed by atoms with van der Waals surface area (Å²) >= 11 is 0. The zero-order valence-electron chi connectivity index (χ0n) is 22.6. The number of hydrogen-bond donors (Lipinski definition) is 1. The number of piperidine rings is 1. The first kappa shape index (κ1) is 27.6. The molecule has 1 aliphatic heterocycles. The maximum Gasteiger partial charge on any atom is 0.333 e. The SMILES string of the molecule is CC#CCn1c(N2CCCC(N)C2)nc2c1c(=O)n(Cc1ncccc1C#N)c(=O)n2CC(=O)OC(C)(C)C. The van der Waals surface area contributed by atoms with Crippen LogP contribution in [-0.4, -0.2) is 54.4 Å². The summed E-state index contributed by atoms with van der Waals surface area (Å²) in [4.78, 5) is 51.5. The maximum absolute atomic E-state index is 13.9. The normalized spacial score (nSPS) is 15.5. The Morgan fingerprint density at radius 2 is 2.03 bits per heavy atom. The second-order valence-electron chi connectivity index (χ2n) is 10.4. The van der Waals surface area contributed by atoms with Crippen molar-refractivity contribution < 1.29 is 9.53 Å². The molecule has 0 saturated carbocycles. The Morgan fingerprint density at radius 1 is 1.26 bits per heavy atom. The quantitative estimate of drug-likeness (QED) is 0.361. The van der Waals surface area contributed by atoms with Crippen LogP contribution >= 0.6 is 0 Å². The fraction of sp³-hybridized carbons (Fsp3) is 0.481. The molecule has 1 atom stereocenters. The summed E-state index contributed by atoms with van der Waals surface area (Å²) < 4.78 is 9.25. The third kappa shape index (κ3) is 5.86. The molecule has 4 rings (SSSR count). The number of carbonyl (C=O) groups excluding carboxylic acids is 1. The number of nitriles is 1. The number of pyridine rings is 1. The van der Waals surface area contributed by atoms with E-state index < -0.39 is 29.4 Å². The molecule has 0 amide bonds. The van der Waals surface area contributed by atoms with E-state index >= 15 is 0 Å². The molecule has 0 aromatic carbocycles. The second-order valence-corrected chi connectivity index (χ2v) is 10.4. The molecule has 0 spiro atoms. The molecule has 0 aliphatic carbocycles. The molecule has 0 bridgehead atoms. The Balaban J connectivity index is 1.99. The van der Waals surface area contributed by atoms with E-state index in [1.807, 2.05) is 11.0 Å². The number of anilines is 1. The highest BCUT2D eigenvalue weighted by atomic mass is 16.6.